The Balaban J connectivity index is 2.29. The fraction of sp³-hybridized carbons (Fsp3) is 0.231. The first-order valence-corrected chi connectivity index (χ1v) is 5.68. The number of thiophene rings is 1. The molecular weight excluding hydrogens is 188 g/mol. The molecule has 14 heavy (non-hydrogen) atoms. The van der Waals surface area contributed by atoms with Gasteiger partial charge in [0, 0.05) is 4.70 Å². The van der Waals surface area contributed by atoms with Crippen molar-refractivity contribution < 1.29 is 0 Å². The minimum Gasteiger partial charge on any atom is -0.143 e. The minimum absolute atomic E-state index is 0.0829. The lowest BCUT2D eigenvalue weighted by Crippen LogP contribution is -2.00. The Hall–Kier alpha value is -1.26. The molecule has 0 aliphatic heterocycles. The van der Waals surface area contributed by atoms with E-state index in [1.807, 2.05) is 0 Å². The van der Waals surface area contributed by atoms with E-state index < -0.39 is 0 Å². The van der Waals surface area contributed by atoms with Gasteiger partial charge in [0.1, 0.15) is 0 Å². The highest BCUT2D eigenvalue weighted by Gasteiger charge is 2.43. The molecule has 0 nitrogen and oxygen atoms in total. The second-order valence-electron chi connectivity index (χ2n) is 3.87. The van der Waals surface area contributed by atoms with Gasteiger partial charge in [-0.05, 0) is 35.2 Å². The van der Waals surface area contributed by atoms with Crippen LogP contribution in [0.1, 0.15) is 18.4 Å². The Labute approximate surface area is 87.6 Å². The number of hydrogen-bond acceptors (Lipinski definition) is 1. The Kier molecular flexibility index (Phi) is 1.51. The lowest BCUT2D eigenvalue weighted by molar-refractivity contribution is 0.950. The summed E-state index contributed by atoms with van der Waals surface area (Å²) < 4.78 is 1.35. The van der Waals surface area contributed by atoms with Gasteiger partial charge in [-0.3, -0.25) is 0 Å². The van der Waals surface area contributed by atoms with Crippen molar-refractivity contribution in [3.63, 3.8) is 0 Å². The van der Waals surface area contributed by atoms with Gasteiger partial charge in [0.25, 0.3) is 0 Å². The third-order valence-corrected chi connectivity index (χ3v) is 3.99. The Bertz CT molecular complexity index is 523. The molecule has 1 heteroatoms. The largest absolute Gasteiger partial charge is 0.143 e. The van der Waals surface area contributed by atoms with E-state index in [1.165, 1.54) is 15.6 Å². The summed E-state index contributed by atoms with van der Waals surface area (Å²) in [5.41, 5.74) is 1.46. The predicted octanol–water partition coefficient (Wildman–Crippen LogP) is 3.57. The number of terminal acetylenes is 1. The average molecular weight is 198 g/mol. The third-order valence-electron chi connectivity index (χ3n) is 3.02. The van der Waals surface area contributed by atoms with Crippen LogP contribution in [0, 0.1) is 12.3 Å². The molecule has 0 spiro atoms. The van der Waals surface area contributed by atoms with Gasteiger partial charge in [-0.25, -0.2) is 0 Å². The molecule has 0 amide bonds. The van der Waals surface area contributed by atoms with Crippen LogP contribution < -0.4 is 0 Å². The fourth-order valence-corrected chi connectivity index (χ4v) is 3.02. The molecule has 2 aromatic rings. The summed E-state index contributed by atoms with van der Waals surface area (Å²) in [5, 5.41) is 3.59. The van der Waals surface area contributed by atoms with Crippen LogP contribution in [0.25, 0.3) is 10.1 Å². The summed E-state index contributed by atoms with van der Waals surface area (Å²) in [4.78, 5) is 0. The molecule has 1 saturated carbocycles. The van der Waals surface area contributed by atoms with Crippen LogP contribution in [-0.2, 0) is 5.41 Å². The molecule has 1 aromatic carbocycles. The average Bonchev–Trinajstić information content (AvgIpc) is 2.91. The fourth-order valence-electron chi connectivity index (χ4n) is 1.96. The SMILES string of the molecule is C#CC1(c2csc3ccccc23)CC1. The highest BCUT2D eigenvalue weighted by Crippen LogP contribution is 2.51. The maximum absolute atomic E-state index is 5.61. The summed E-state index contributed by atoms with van der Waals surface area (Å²) in [7, 11) is 0. The first-order chi connectivity index (χ1) is 6.86. The van der Waals surface area contributed by atoms with E-state index in [0.29, 0.717) is 0 Å². The van der Waals surface area contributed by atoms with Crippen LogP contribution in [0.5, 0.6) is 0 Å². The summed E-state index contributed by atoms with van der Waals surface area (Å²) >= 11 is 1.80. The van der Waals surface area contributed by atoms with E-state index in [9.17, 15) is 0 Å². The van der Waals surface area contributed by atoms with Crippen molar-refractivity contribution in [2.24, 2.45) is 0 Å². The topological polar surface area (TPSA) is 0 Å². The van der Waals surface area contributed by atoms with Crippen molar-refractivity contribution in [3.8, 4) is 12.3 Å². The monoisotopic (exact) mass is 198 g/mol. The van der Waals surface area contributed by atoms with E-state index >= 15 is 0 Å². The molecule has 1 fully saturated rings. The van der Waals surface area contributed by atoms with Crippen molar-refractivity contribution in [2.45, 2.75) is 18.3 Å². The van der Waals surface area contributed by atoms with Crippen molar-refractivity contribution in [1.29, 1.82) is 0 Å². The van der Waals surface area contributed by atoms with Crippen LogP contribution in [0.3, 0.4) is 0 Å². The third kappa shape index (κ3) is 0.951. The molecule has 0 radical (unpaired) electrons. The van der Waals surface area contributed by atoms with E-state index in [-0.39, 0.29) is 5.41 Å². The molecule has 0 atom stereocenters. The zero-order chi connectivity index (χ0) is 9.60. The van der Waals surface area contributed by atoms with E-state index in [2.05, 4.69) is 35.6 Å². The Morgan fingerprint density at radius 3 is 2.79 bits per heavy atom. The predicted molar refractivity (Wildman–Crippen MR) is 61.6 cm³/mol. The zero-order valence-electron chi connectivity index (χ0n) is 7.79. The van der Waals surface area contributed by atoms with Crippen LogP contribution in [0.4, 0.5) is 0 Å². The van der Waals surface area contributed by atoms with E-state index in [4.69, 9.17) is 6.42 Å². The molecule has 68 valence electrons. The van der Waals surface area contributed by atoms with Gasteiger partial charge >= 0.3 is 0 Å². The van der Waals surface area contributed by atoms with Gasteiger partial charge in [0.15, 0.2) is 0 Å². The highest BCUT2D eigenvalue weighted by atomic mass is 32.1. The van der Waals surface area contributed by atoms with Crippen molar-refractivity contribution >= 4 is 21.4 Å². The zero-order valence-corrected chi connectivity index (χ0v) is 8.60. The molecule has 0 N–H and O–H groups in total. The van der Waals surface area contributed by atoms with Crippen molar-refractivity contribution in [3.05, 3.63) is 35.2 Å². The normalized spacial score (nSPS) is 17.9. The van der Waals surface area contributed by atoms with E-state index in [0.717, 1.165) is 12.8 Å². The standard InChI is InChI=1S/C13H10S/c1-2-13(7-8-13)11-9-14-12-6-4-3-5-10(11)12/h1,3-6,9H,7-8H2. The van der Waals surface area contributed by atoms with Gasteiger partial charge in [0.05, 0.1) is 5.41 Å². The van der Waals surface area contributed by atoms with Gasteiger partial charge in [-0.2, -0.15) is 0 Å². The first-order valence-electron chi connectivity index (χ1n) is 4.80. The van der Waals surface area contributed by atoms with Gasteiger partial charge < -0.3 is 0 Å². The number of fused-ring (bicyclic) bond motifs is 1. The summed E-state index contributed by atoms with van der Waals surface area (Å²) in [6.07, 6.45) is 7.92. The molecule has 1 heterocycles. The second-order valence-corrected chi connectivity index (χ2v) is 4.78. The molecule has 1 aliphatic carbocycles. The summed E-state index contributed by atoms with van der Waals surface area (Å²) in [5.74, 6) is 2.95. The van der Waals surface area contributed by atoms with Crippen LogP contribution in [-0.4, -0.2) is 0 Å². The molecule has 1 aliphatic rings. The van der Waals surface area contributed by atoms with E-state index in [1.54, 1.807) is 11.3 Å². The van der Waals surface area contributed by atoms with Gasteiger partial charge in [-0.15, -0.1) is 17.8 Å². The lowest BCUT2D eigenvalue weighted by atomic mass is 9.97. The first kappa shape index (κ1) is 8.08. The summed E-state index contributed by atoms with van der Waals surface area (Å²) in [6.45, 7) is 0. The van der Waals surface area contributed by atoms with Gasteiger partial charge in [-0.1, -0.05) is 24.1 Å². The molecular formula is C13H10S. The van der Waals surface area contributed by atoms with Gasteiger partial charge in [0.2, 0.25) is 0 Å². The molecule has 3 rings (SSSR count). The maximum atomic E-state index is 5.61. The minimum atomic E-state index is 0.0829. The van der Waals surface area contributed by atoms with Crippen LogP contribution in [0.15, 0.2) is 29.6 Å². The Morgan fingerprint density at radius 1 is 1.29 bits per heavy atom. The smallest absolute Gasteiger partial charge is 0.0575 e. The number of rotatable bonds is 1. The molecule has 0 unspecified atom stereocenters. The highest BCUT2D eigenvalue weighted by molar-refractivity contribution is 7.17. The molecule has 0 bridgehead atoms. The van der Waals surface area contributed by atoms with Crippen LogP contribution in [0.2, 0.25) is 0 Å². The second kappa shape index (κ2) is 2.62. The number of benzene rings is 1. The van der Waals surface area contributed by atoms with Crippen molar-refractivity contribution in [2.75, 3.05) is 0 Å². The quantitative estimate of drug-likeness (QED) is 0.614. The maximum Gasteiger partial charge on any atom is 0.0575 e. The summed E-state index contributed by atoms with van der Waals surface area (Å²) in [6, 6.07) is 8.51. The lowest BCUT2D eigenvalue weighted by Gasteiger charge is -2.04. The van der Waals surface area contributed by atoms with Crippen LogP contribution >= 0.6 is 11.3 Å². The van der Waals surface area contributed by atoms with Crippen molar-refractivity contribution in [1.82, 2.24) is 0 Å². The molecule has 1 aromatic heterocycles. The molecule has 0 saturated heterocycles. The number of hydrogen-bond donors (Lipinski definition) is 0. The Morgan fingerprint density at radius 2 is 2.07 bits per heavy atom.